The van der Waals surface area contributed by atoms with Crippen LogP contribution in [-0.4, -0.2) is 29.8 Å². The van der Waals surface area contributed by atoms with E-state index in [0.29, 0.717) is 0 Å². The van der Waals surface area contributed by atoms with Crippen LogP contribution < -0.4 is 5.32 Å². The van der Waals surface area contributed by atoms with Crippen molar-refractivity contribution in [3.05, 3.63) is 35.2 Å². The van der Waals surface area contributed by atoms with Crippen LogP contribution in [0, 0.1) is 11.6 Å². The van der Waals surface area contributed by atoms with Gasteiger partial charge in [-0.3, -0.25) is 4.79 Å². The van der Waals surface area contributed by atoms with Crippen molar-refractivity contribution >= 4 is 5.91 Å². The zero-order valence-electron chi connectivity index (χ0n) is 12.1. The molecule has 0 aliphatic carbocycles. The van der Waals surface area contributed by atoms with E-state index < -0.39 is 41.0 Å². The molecular formula is C13H10F5N3O3. The average molecular weight is 351 g/mol. The maximum Gasteiger partial charge on any atom is 0.471 e. The number of nitrogens with one attached hydrogen (secondary N) is 1. The smallest absolute Gasteiger partial charge is 0.375 e. The van der Waals surface area contributed by atoms with Crippen LogP contribution in [0.25, 0.3) is 11.4 Å². The number of hydrogen-bond acceptors (Lipinski definition) is 5. The Hall–Kier alpha value is -2.56. The molecule has 0 saturated heterocycles. The second kappa shape index (κ2) is 6.91. The quantitative estimate of drug-likeness (QED) is 0.837. The first-order valence-electron chi connectivity index (χ1n) is 6.37. The summed E-state index contributed by atoms with van der Waals surface area (Å²) >= 11 is 0. The van der Waals surface area contributed by atoms with Crippen molar-refractivity contribution in [2.45, 2.75) is 12.7 Å². The fourth-order valence-corrected chi connectivity index (χ4v) is 1.72. The van der Waals surface area contributed by atoms with E-state index >= 15 is 0 Å². The molecule has 0 unspecified atom stereocenters. The lowest BCUT2D eigenvalue weighted by Gasteiger charge is -2.08. The fourth-order valence-electron chi connectivity index (χ4n) is 1.72. The number of hydrogen-bond donors (Lipinski definition) is 1. The zero-order valence-corrected chi connectivity index (χ0v) is 12.1. The molecule has 1 heterocycles. The van der Waals surface area contributed by atoms with Gasteiger partial charge in [0.05, 0.1) is 5.56 Å². The molecule has 0 aliphatic heterocycles. The summed E-state index contributed by atoms with van der Waals surface area (Å²) in [5.74, 6) is -5.76. The van der Waals surface area contributed by atoms with Crippen LogP contribution in [0.4, 0.5) is 22.0 Å². The Labute approximate surface area is 131 Å². The Morgan fingerprint density at radius 1 is 1.29 bits per heavy atom. The Balaban J connectivity index is 2.24. The maximum atomic E-state index is 14.0. The molecule has 0 spiro atoms. The van der Waals surface area contributed by atoms with Crippen molar-refractivity contribution in [3.63, 3.8) is 0 Å². The lowest BCUT2D eigenvalue weighted by Crippen LogP contribution is -2.27. The lowest BCUT2D eigenvalue weighted by molar-refractivity contribution is -0.159. The van der Waals surface area contributed by atoms with Gasteiger partial charge in [0.2, 0.25) is 11.7 Å². The predicted octanol–water partition coefficient (Wildman–Crippen LogP) is 2.30. The van der Waals surface area contributed by atoms with E-state index in [4.69, 9.17) is 0 Å². The van der Waals surface area contributed by atoms with Crippen molar-refractivity contribution in [1.82, 2.24) is 15.5 Å². The van der Waals surface area contributed by atoms with Gasteiger partial charge in [0.25, 0.3) is 0 Å². The molecule has 0 bridgehead atoms. The van der Waals surface area contributed by atoms with Crippen molar-refractivity contribution in [2.24, 2.45) is 0 Å². The molecule has 1 aromatic heterocycles. The summed E-state index contributed by atoms with van der Waals surface area (Å²) in [5, 5.41) is 5.27. The first kappa shape index (κ1) is 17.8. The Morgan fingerprint density at radius 2 is 2.00 bits per heavy atom. The SMILES string of the molecule is COCC(=O)NCc1ccc(-c2noc(C(F)(F)F)n2)c(F)c1F. The summed E-state index contributed by atoms with van der Waals surface area (Å²) in [5.41, 5.74) is -0.807. The standard InChI is InChI=1S/C13H10F5N3O3/c1-23-5-8(22)19-4-6-2-3-7(10(15)9(6)14)11-20-12(24-21-11)13(16,17)18/h2-3H,4-5H2,1H3,(H,19,22). The average Bonchev–Trinajstić information content (AvgIpc) is 2.99. The van der Waals surface area contributed by atoms with Gasteiger partial charge in [0.15, 0.2) is 11.6 Å². The number of carbonyl (C=O) groups excluding carboxylic acids is 1. The summed E-state index contributed by atoms with van der Waals surface area (Å²) in [6.07, 6.45) is -4.90. The van der Waals surface area contributed by atoms with Crippen LogP contribution in [-0.2, 0) is 22.3 Å². The number of nitrogens with zero attached hydrogens (tertiary/aromatic N) is 2. The van der Waals surface area contributed by atoms with E-state index in [9.17, 15) is 26.7 Å². The molecule has 2 aromatic rings. The van der Waals surface area contributed by atoms with Gasteiger partial charge >= 0.3 is 12.1 Å². The highest BCUT2D eigenvalue weighted by Crippen LogP contribution is 2.30. The number of amides is 1. The molecule has 0 radical (unpaired) electrons. The number of ether oxygens (including phenoxy) is 1. The van der Waals surface area contributed by atoms with Gasteiger partial charge in [-0.05, 0) is 6.07 Å². The van der Waals surface area contributed by atoms with E-state index in [-0.39, 0.29) is 18.7 Å². The number of rotatable bonds is 5. The Kier molecular flexibility index (Phi) is 5.12. The molecule has 24 heavy (non-hydrogen) atoms. The number of halogens is 5. The molecule has 2 rings (SSSR count). The number of aromatic nitrogens is 2. The molecule has 0 fully saturated rings. The maximum absolute atomic E-state index is 14.0. The largest absolute Gasteiger partial charge is 0.471 e. The third-order valence-corrected chi connectivity index (χ3v) is 2.82. The van der Waals surface area contributed by atoms with E-state index in [1.165, 1.54) is 7.11 Å². The van der Waals surface area contributed by atoms with Crippen molar-refractivity contribution < 1.29 is 36.0 Å². The monoisotopic (exact) mass is 351 g/mol. The molecule has 6 nitrogen and oxygen atoms in total. The lowest BCUT2D eigenvalue weighted by atomic mass is 10.1. The molecule has 11 heteroatoms. The molecule has 1 amide bonds. The van der Waals surface area contributed by atoms with Crippen LogP contribution in [0.5, 0.6) is 0 Å². The Morgan fingerprint density at radius 3 is 2.58 bits per heavy atom. The molecule has 1 aromatic carbocycles. The van der Waals surface area contributed by atoms with Crippen molar-refractivity contribution in [2.75, 3.05) is 13.7 Å². The Bertz CT molecular complexity index is 745. The van der Waals surface area contributed by atoms with Crippen molar-refractivity contribution in [1.29, 1.82) is 0 Å². The molecular weight excluding hydrogens is 341 g/mol. The summed E-state index contributed by atoms with van der Waals surface area (Å²) in [6, 6.07) is 2.08. The minimum absolute atomic E-state index is 0.208. The number of alkyl halides is 3. The molecule has 0 saturated carbocycles. The van der Waals surface area contributed by atoms with E-state index in [1.807, 2.05) is 0 Å². The highest BCUT2D eigenvalue weighted by molar-refractivity contribution is 5.77. The van der Waals surface area contributed by atoms with Crippen molar-refractivity contribution in [3.8, 4) is 11.4 Å². The molecule has 0 atom stereocenters. The number of carbonyl (C=O) groups is 1. The normalized spacial score (nSPS) is 11.6. The summed E-state index contributed by atoms with van der Waals surface area (Å²) in [6.45, 7) is -0.587. The van der Waals surface area contributed by atoms with E-state index in [0.717, 1.165) is 12.1 Å². The van der Waals surface area contributed by atoms with Crippen LogP contribution in [0.3, 0.4) is 0 Å². The number of benzene rings is 1. The van der Waals surface area contributed by atoms with Gasteiger partial charge < -0.3 is 14.6 Å². The van der Waals surface area contributed by atoms with Gasteiger partial charge in [-0.25, -0.2) is 8.78 Å². The van der Waals surface area contributed by atoms with Crippen LogP contribution in [0.15, 0.2) is 16.7 Å². The summed E-state index contributed by atoms with van der Waals surface area (Å²) in [7, 11) is 1.29. The van der Waals surface area contributed by atoms with Crippen LogP contribution >= 0.6 is 0 Å². The van der Waals surface area contributed by atoms with Gasteiger partial charge in [-0.2, -0.15) is 18.2 Å². The van der Waals surface area contributed by atoms with E-state index in [1.54, 1.807) is 0 Å². The summed E-state index contributed by atoms with van der Waals surface area (Å²) in [4.78, 5) is 14.2. The second-order valence-electron chi connectivity index (χ2n) is 4.53. The van der Waals surface area contributed by atoms with E-state index in [2.05, 4.69) is 24.7 Å². The highest BCUT2D eigenvalue weighted by Gasteiger charge is 2.38. The van der Waals surface area contributed by atoms with Gasteiger partial charge in [-0.1, -0.05) is 11.2 Å². The van der Waals surface area contributed by atoms with Gasteiger partial charge in [0, 0.05) is 19.2 Å². The summed E-state index contributed by atoms with van der Waals surface area (Å²) < 4.78 is 73.6. The molecule has 0 aliphatic rings. The molecule has 1 N–H and O–H groups in total. The van der Waals surface area contributed by atoms with Crippen LogP contribution in [0.1, 0.15) is 11.5 Å². The second-order valence-corrected chi connectivity index (χ2v) is 4.53. The van der Waals surface area contributed by atoms with Gasteiger partial charge in [0.1, 0.15) is 6.61 Å². The fraction of sp³-hybridized carbons (Fsp3) is 0.308. The first-order valence-corrected chi connectivity index (χ1v) is 6.37. The van der Waals surface area contributed by atoms with Crippen LogP contribution in [0.2, 0.25) is 0 Å². The zero-order chi connectivity index (χ0) is 17.9. The molecule has 130 valence electrons. The topological polar surface area (TPSA) is 77.2 Å². The first-order chi connectivity index (χ1) is 11.2. The highest BCUT2D eigenvalue weighted by atomic mass is 19.4. The minimum atomic E-state index is -4.90. The number of methoxy groups -OCH3 is 1. The van der Waals surface area contributed by atoms with Gasteiger partial charge in [-0.15, -0.1) is 0 Å². The minimum Gasteiger partial charge on any atom is -0.375 e. The third kappa shape index (κ3) is 3.85. The predicted molar refractivity (Wildman–Crippen MR) is 68.4 cm³/mol. The third-order valence-electron chi connectivity index (χ3n) is 2.82.